The fourth-order valence-corrected chi connectivity index (χ4v) is 2.96. The van der Waals surface area contributed by atoms with Gasteiger partial charge in [0.2, 0.25) is 6.29 Å². The fourth-order valence-electron chi connectivity index (χ4n) is 2.96. The average molecular weight is 375 g/mol. The van der Waals surface area contributed by atoms with Crippen molar-refractivity contribution in [3.63, 3.8) is 0 Å². The third-order valence-electron chi connectivity index (χ3n) is 4.42. The minimum Gasteiger partial charge on any atom is -0.462 e. The SMILES string of the molecule is O=c1ccc2nc3ccc(O[C@@H]4O[C@@H](CO)[C@H](O)[C@@H](O)[C@H]4O)cc3oc-2c1. The van der Waals surface area contributed by atoms with E-state index >= 15 is 0 Å². The quantitative estimate of drug-likeness (QED) is 0.444. The molecular formula is C18H17NO8. The molecule has 1 aliphatic carbocycles. The molecule has 0 radical (unpaired) electrons. The molecule has 1 fully saturated rings. The molecule has 0 amide bonds. The maximum Gasteiger partial charge on any atom is 0.229 e. The summed E-state index contributed by atoms with van der Waals surface area (Å²) in [6.45, 7) is -0.550. The van der Waals surface area contributed by atoms with Crippen molar-refractivity contribution in [3.05, 3.63) is 46.6 Å². The lowest BCUT2D eigenvalue weighted by Crippen LogP contribution is -2.60. The molecule has 1 saturated heterocycles. The molecule has 4 rings (SSSR count). The number of aliphatic hydroxyl groups is 4. The molecule has 0 bridgehead atoms. The van der Waals surface area contributed by atoms with Crippen LogP contribution in [0.3, 0.4) is 0 Å². The van der Waals surface area contributed by atoms with E-state index in [9.17, 15) is 25.2 Å². The van der Waals surface area contributed by atoms with Gasteiger partial charge in [0.05, 0.1) is 6.61 Å². The molecule has 0 spiro atoms. The van der Waals surface area contributed by atoms with Gasteiger partial charge in [-0.25, -0.2) is 4.98 Å². The van der Waals surface area contributed by atoms with Gasteiger partial charge < -0.3 is 34.3 Å². The molecule has 1 aromatic rings. The van der Waals surface area contributed by atoms with Gasteiger partial charge in [0.25, 0.3) is 0 Å². The molecule has 27 heavy (non-hydrogen) atoms. The van der Waals surface area contributed by atoms with Crippen LogP contribution in [0.4, 0.5) is 0 Å². The highest BCUT2D eigenvalue weighted by Crippen LogP contribution is 2.29. The molecule has 2 heterocycles. The molecule has 5 atom stereocenters. The molecule has 142 valence electrons. The third-order valence-corrected chi connectivity index (χ3v) is 4.42. The Kier molecular flexibility index (Phi) is 4.54. The van der Waals surface area contributed by atoms with E-state index in [1.54, 1.807) is 18.2 Å². The van der Waals surface area contributed by atoms with Crippen LogP contribution in [-0.2, 0) is 4.74 Å². The first-order valence-electron chi connectivity index (χ1n) is 8.28. The van der Waals surface area contributed by atoms with Crippen LogP contribution in [0.2, 0.25) is 0 Å². The van der Waals surface area contributed by atoms with Gasteiger partial charge in [0.15, 0.2) is 16.8 Å². The fraction of sp³-hybridized carbons (Fsp3) is 0.333. The van der Waals surface area contributed by atoms with Gasteiger partial charge in [-0.15, -0.1) is 0 Å². The molecule has 3 aliphatic rings. The second-order valence-corrected chi connectivity index (χ2v) is 6.29. The Morgan fingerprint density at radius 2 is 1.85 bits per heavy atom. The topological polar surface area (TPSA) is 142 Å². The van der Waals surface area contributed by atoms with Gasteiger partial charge in [0, 0.05) is 12.1 Å². The summed E-state index contributed by atoms with van der Waals surface area (Å²) in [5.41, 5.74) is 1.20. The highest BCUT2D eigenvalue weighted by atomic mass is 16.7. The Hall–Kier alpha value is -2.56. The van der Waals surface area contributed by atoms with Gasteiger partial charge in [0.1, 0.15) is 41.4 Å². The van der Waals surface area contributed by atoms with Crippen LogP contribution in [0.15, 0.2) is 45.6 Å². The van der Waals surface area contributed by atoms with Crippen molar-refractivity contribution in [2.45, 2.75) is 30.7 Å². The predicted molar refractivity (Wildman–Crippen MR) is 91.3 cm³/mol. The average Bonchev–Trinajstić information content (AvgIpc) is 2.66. The van der Waals surface area contributed by atoms with Gasteiger partial charge in [-0.1, -0.05) is 0 Å². The minimum atomic E-state index is -1.54. The molecule has 1 aromatic carbocycles. The van der Waals surface area contributed by atoms with E-state index in [2.05, 4.69) is 4.98 Å². The van der Waals surface area contributed by atoms with E-state index in [0.29, 0.717) is 22.6 Å². The number of hydrogen-bond acceptors (Lipinski definition) is 9. The number of fused-ring (bicyclic) bond motifs is 2. The number of aromatic nitrogens is 1. The number of hydrogen-bond donors (Lipinski definition) is 4. The molecule has 0 aromatic heterocycles. The van der Waals surface area contributed by atoms with Crippen molar-refractivity contribution < 1.29 is 34.3 Å². The van der Waals surface area contributed by atoms with E-state index in [-0.39, 0.29) is 11.2 Å². The first kappa shape index (κ1) is 17.8. The van der Waals surface area contributed by atoms with Crippen LogP contribution in [0.25, 0.3) is 22.6 Å². The van der Waals surface area contributed by atoms with Gasteiger partial charge >= 0.3 is 0 Å². The molecule has 0 saturated carbocycles. The van der Waals surface area contributed by atoms with E-state index in [4.69, 9.17) is 13.9 Å². The van der Waals surface area contributed by atoms with E-state index in [1.807, 2.05) is 0 Å². The molecule has 0 unspecified atom stereocenters. The standard InChI is InChI=1S/C18H17NO8/c20-7-14-15(22)16(23)17(24)18(27-14)25-9-2-4-11-13(6-9)26-12-5-8(21)1-3-10(12)19-11/h1-6,14-18,20,22-24H,7H2/t14-,15-,16+,17+,18+/m0/s1. The maximum atomic E-state index is 11.5. The summed E-state index contributed by atoms with van der Waals surface area (Å²) in [4.78, 5) is 15.9. The lowest BCUT2D eigenvalue weighted by Gasteiger charge is -2.39. The zero-order chi connectivity index (χ0) is 19.1. The molecule has 9 heteroatoms. The largest absolute Gasteiger partial charge is 0.462 e. The van der Waals surface area contributed by atoms with Gasteiger partial charge in [-0.2, -0.15) is 0 Å². The lowest BCUT2D eigenvalue weighted by molar-refractivity contribution is -0.277. The molecule has 4 N–H and O–H groups in total. The van der Waals surface area contributed by atoms with Crippen molar-refractivity contribution in [2.24, 2.45) is 0 Å². The second-order valence-electron chi connectivity index (χ2n) is 6.29. The summed E-state index contributed by atoms with van der Waals surface area (Å²) < 4.78 is 16.6. The van der Waals surface area contributed by atoms with Crippen molar-refractivity contribution in [1.82, 2.24) is 4.98 Å². The van der Waals surface area contributed by atoms with Gasteiger partial charge in [-0.05, 0) is 24.3 Å². The summed E-state index contributed by atoms with van der Waals surface area (Å²) >= 11 is 0. The number of aliphatic hydroxyl groups excluding tert-OH is 4. The van der Waals surface area contributed by atoms with Crippen LogP contribution < -0.4 is 10.2 Å². The number of ether oxygens (including phenoxy) is 2. The van der Waals surface area contributed by atoms with Crippen molar-refractivity contribution >= 4 is 11.1 Å². The normalized spacial score (nSPS) is 28.5. The smallest absolute Gasteiger partial charge is 0.229 e. The number of benzene rings is 2. The van der Waals surface area contributed by atoms with E-state index in [0.717, 1.165) is 0 Å². The summed E-state index contributed by atoms with van der Waals surface area (Å²) in [5.74, 6) is 0.565. The zero-order valence-electron chi connectivity index (χ0n) is 13.9. The Labute approximate surface area is 152 Å². The Balaban J connectivity index is 1.65. The predicted octanol–water partition coefficient (Wildman–Crippen LogP) is -0.529. The Morgan fingerprint density at radius 3 is 2.63 bits per heavy atom. The van der Waals surface area contributed by atoms with Crippen LogP contribution in [0.5, 0.6) is 5.75 Å². The van der Waals surface area contributed by atoms with Gasteiger partial charge in [-0.3, -0.25) is 4.79 Å². The minimum absolute atomic E-state index is 0.207. The highest BCUT2D eigenvalue weighted by molar-refractivity contribution is 5.77. The van der Waals surface area contributed by atoms with Crippen LogP contribution >= 0.6 is 0 Å². The summed E-state index contributed by atoms with van der Waals surface area (Å²) in [7, 11) is 0. The second kappa shape index (κ2) is 6.87. The van der Waals surface area contributed by atoms with Crippen LogP contribution in [0.1, 0.15) is 0 Å². The first-order chi connectivity index (χ1) is 13.0. The number of nitrogens with zero attached hydrogens (tertiary/aromatic N) is 1. The van der Waals surface area contributed by atoms with Crippen molar-refractivity contribution in [3.8, 4) is 17.2 Å². The maximum absolute atomic E-state index is 11.5. The monoisotopic (exact) mass is 375 g/mol. The Bertz CT molecular complexity index is 987. The summed E-state index contributed by atoms with van der Waals surface area (Å²) in [6.07, 6.45) is -6.90. The highest BCUT2D eigenvalue weighted by Gasteiger charge is 2.44. The Morgan fingerprint density at radius 1 is 1.04 bits per heavy atom. The van der Waals surface area contributed by atoms with Crippen molar-refractivity contribution in [1.29, 1.82) is 0 Å². The van der Waals surface area contributed by atoms with Crippen LogP contribution in [0, 0.1) is 0 Å². The van der Waals surface area contributed by atoms with E-state index < -0.39 is 37.3 Å². The van der Waals surface area contributed by atoms with Crippen molar-refractivity contribution in [2.75, 3.05) is 6.61 Å². The number of rotatable bonds is 3. The molecule has 9 nitrogen and oxygen atoms in total. The van der Waals surface area contributed by atoms with Crippen LogP contribution in [-0.4, -0.2) is 62.7 Å². The molecular weight excluding hydrogens is 358 g/mol. The summed E-state index contributed by atoms with van der Waals surface area (Å²) in [6, 6.07) is 8.99. The first-order valence-corrected chi connectivity index (χ1v) is 8.28. The molecule has 2 aliphatic heterocycles. The summed E-state index contributed by atoms with van der Waals surface area (Å²) in [5, 5.41) is 38.9. The third kappa shape index (κ3) is 3.27. The lowest BCUT2D eigenvalue weighted by atomic mass is 9.99. The zero-order valence-corrected chi connectivity index (χ0v) is 13.9. The van der Waals surface area contributed by atoms with E-state index in [1.165, 1.54) is 18.2 Å².